The molecule has 4 nitrogen and oxygen atoms in total. The van der Waals surface area contributed by atoms with E-state index in [1.54, 1.807) is 6.20 Å². The van der Waals surface area contributed by atoms with Gasteiger partial charge in [-0.05, 0) is 24.3 Å². The summed E-state index contributed by atoms with van der Waals surface area (Å²) in [5, 5.41) is 3.30. The van der Waals surface area contributed by atoms with Crippen molar-refractivity contribution < 1.29 is 4.79 Å². The number of hydrogen-bond acceptors (Lipinski definition) is 3. The van der Waals surface area contributed by atoms with Crippen LogP contribution in [0, 0.1) is 0 Å². The number of hydrogen-bond donors (Lipinski definition) is 1. The van der Waals surface area contributed by atoms with Crippen molar-refractivity contribution in [2.45, 2.75) is 6.42 Å². The van der Waals surface area contributed by atoms with E-state index in [0.717, 1.165) is 23.6 Å². The first-order chi connectivity index (χ1) is 9.34. The van der Waals surface area contributed by atoms with Gasteiger partial charge in [-0.3, -0.25) is 9.78 Å². The van der Waals surface area contributed by atoms with E-state index < -0.39 is 0 Å². The van der Waals surface area contributed by atoms with E-state index in [2.05, 4.69) is 10.3 Å². The first-order valence-corrected chi connectivity index (χ1v) is 6.38. The van der Waals surface area contributed by atoms with Gasteiger partial charge in [0.1, 0.15) is 0 Å². The number of fused-ring (bicyclic) bond motifs is 1. The summed E-state index contributed by atoms with van der Waals surface area (Å²) in [6.45, 7) is 1.48. The zero-order valence-electron chi connectivity index (χ0n) is 10.5. The first kappa shape index (κ1) is 11.7. The molecule has 0 radical (unpaired) electrons. The fourth-order valence-corrected chi connectivity index (χ4v) is 2.29. The molecule has 1 N–H and O–H groups in total. The van der Waals surface area contributed by atoms with Gasteiger partial charge in [-0.25, -0.2) is 0 Å². The second kappa shape index (κ2) is 5.10. The molecule has 1 aromatic carbocycles. The van der Waals surface area contributed by atoms with E-state index >= 15 is 0 Å². The predicted octanol–water partition coefficient (Wildman–Crippen LogP) is 2.08. The number of benzene rings is 1. The molecule has 4 heteroatoms. The highest BCUT2D eigenvalue weighted by atomic mass is 16.2. The van der Waals surface area contributed by atoms with Gasteiger partial charge in [0.05, 0.1) is 17.8 Å². The normalized spacial score (nSPS) is 13.6. The predicted molar refractivity (Wildman–Crippen MR) is 75.2 cm³/mol. The summed E-state index contributed by atoms with van der Waals surface area (Å²) in [7, 11) is 0. The third kappa shape index (κ3) is 2.42. The number of carbonyl (C=O) groups is 1. The highest BCUT2D eigenvalue weighted by Crippen LogP contribution is 2.28. The summed E-state index contributed by atoms with van der Waals surface area (Å²) < 4.78 is 0. The highest BCUT2D eigenvalue weighted by Gasteiger charge is 2.21. The number of para-hydroxylation sites is 2. The fraction of sp³-hybridized carbons (Fsp3) is 0.200. The van der Waals surface area contributed by atoms with Crippen molar-refractivity contribution in [1.82, 2.24) is 4.98 Å². The molecule has 96 valence electrons. The Morgan fingerprint density at radius 3 is 2.89 bits per heavy atom. The Morgan fingerprint density at radius 2 is 2.05 bits per heavy atom. The second-order valence-electron chi connectivity index (χ2n) is 4.49. The molecule has 2 heterocycles. The van der Waals surface area contributed by atoms with Gasteiger partial charge in [0.25, 0.3) is 0 Å². The summed E-state index contributed by atoms with van der Waals surface area (Å²) in [6, 6.07) is 13.5. The minimum atomic E-state index is 0.0904. The molecular formula is C15H15N3O. The fourth-order valence-electron chi connectivity index (χ4n) is 2.29. The third-order valence-electron chi connectivity index (χ3n) is 3.21. The van der Waals surface area contributed by atoms with Crippen molar-refractivity contribution in [3.63, 3.8) is 0 Å². The molecule has 0 unspecified atom stereocenters. The van der Waals surface area contributed by atoms with Crippen LogP contribution < -0.4 is 10.2 Å². The molecule has 0 fully saturated rings. The Hall–Kier alpha value is -2.36. The molecule has 19 heavy (non-hydrogen) atoms. The maximum absolute atomic E-state index is 12.4. The van der Waals surface area contributed by atoms with Crippen molar-refractivity contribution in [2.24, 2.45) is 0 Å². The van der Waals surface area contributed by atoms with Crippen LogP contribution in [0.4, 0.5) is 11.4 Å². The van der Waals surface area contributed by atoms with Crippen molar-refractivity contribution in [3.8, 4) is 0 Å². The number of anilines is 2. The van der Waals surface area contributed by atoms with Gasteiger partial charge in [-0.15, -0.1) is 0 Å². The molecular weight excluding hydrogens is 238 g/mol. The molecule has 0 spiro atoms. The molecule has 0 saturated carbocycles. The molecule has 0 bridgehead atoms. The summed E-state index contributed by atoms with van der Waals surface area (Å²) >= 11 is 0. The zero-order chi connectivity index (χ0) is 13.1. The average Bonchev–Trinajstić information content (AvgIpc) is 2.47. The second-order valence-corrected chi connectivity index (χ2v) is 4.49. The van der Waals surface area contributed by atoms with E-state index in [9.17, 15) is 4.79 Å². The van der Waals surface area contributed by atoms with Crippen molar-refractivity contribution >= 4 is 17.3 Å². The number of nitrogens with one attached hydrogen (secondary N) is 1. The van der Waals surface area contributed by atoms with E-state index in [1.807, 2.05) is 47.4 Å². The lowest BCUT2D eigenvalue weighted by atomic mass is 10.1. The molecule has 0 saturated heterocycles. The summed E-state index contributed by atoms with van der Waals surface area (Å²) in [5.41, 5.74) is 2.78. The third-order valence-corrected chi connectivity index (χ3v) is 3.21. The first-order valence-electron chi connectivity index (χ1n) is 6.38. The van der Waals surface area contributed by atoms with Crippen molar-refractivity contribution in [2.75, 3.05) is 23.3 Å². The molecule has 1 amide bonds. The van der Waals surface area contributed by atoms with Crippen LogP contribution in [-0.2, 0) is 11.2 Å². The van der Waals surface area contributed by atoms with Crippen LogP contribution in [0.1, 0.15) is 5.69 Å². The molecule has 0 atom stereocenters. The van der Waals surface area contributed by atoms with Crippen LogP contribution >= 0.6 is 0 Å². The topological polar surface area (TPSA) is 45.2 Å². The largest absolute Gasteiger partial charge is 0.382 e. The lowest BCUT2D eigenvalue weighted by Crippen LogP contribution is -2.39. The monoisotopic (exact) mass is 253 g/mol. The molecule has 1 aromatic heterocycles. The van der Waals surface area contributed by atoms with Gasteiger partial charge in [0.15, 0.2) is 0 Å². The van der Waals surface area contributed by atoms with E-state index in [4.69, 9.17) is 0 Å². The molecule has 1 aliphatic rings. The average molecular weight is 253 g/mol. The molecule has 3 rings (SSSR count). The SMILES string of the molecule is O=C(Cc1ccccn1)N1CCNc2ccccc21. The summed E-state index contributed by atoms with van der Waals surface area (Å²) in [4.78, 5) is 18.4. The van der Waals surface area contributed by atoms with E-state index in [1.165, 1.54) is 0 Å². The van der Waals surface area contributed by atoms with Gasteiger partial charge in [-0.1, -0.05) is 18.2 Å². The Kier molecular flexibility index (Phi) is 3.14. The van der Waals surface area contributed by atoms with Crippen LogP contribution in [0.3, 0.4) is 0 Å². The molecule has 2 aromatic rings. The quantitative estimate of drug-likeness (QED) is 0.891. The van der Waals surface area contributed by atoms with Crippen LogP contribution in [0.5, 0.6) is 0 Å². The Bertz CT molecular complexity index is 583. The van der Waals surface area contributed by atoms with E-state index in [-0.39, 0.29) is 5.91 Å². The zero-order valence-corrected chi connectivity index (χ0v) is 10.5. The Balaban J connectivity index is 1.82. The molecule has 0 aliphatic carbocycles. The van der Waals surface area contributed by atoms with Gasteiger partial charge >= 0.3 is 0 Å². The lowest BCUT2D eigenvalue weighted by Gasteiger charge is -2.30. The van der Waals surface area contributed by atoms with Crippen molar-refractivity contribution in [1.29, 1.82) is 0 Å². The number of aromatic nitrogens is 1. The van der Waals surface area contributed by atoms with Crippen molar-refractivity contribution in [3.05, 3.63) is 54.4 Å². The summed E-state index contributed by atoms with van der Waals surface area (Å²) in [5.74, 6) is 0.0904. The smallest absolute Gasteiger partial charge is 0.233 e. The standard InChI is InChI=1S/C15H15N3O/c19-15(11-12-5-3-4-8-16-12)18-10-9-17-13-6-1-2-7-14(13)18/h1-8,17H,9-11H2. The van der Waals surface area contributed by atoms with Gasteiger partial charge < -0.3 is 10.2 Å². The van der Waals surface area contributed by atoms with Crippen LogP contribution in [0.25, 0.3) is 0 Å². The maximum Gasteiger partial charge on any atom is 0.233 e. The van der Waals surface area contributed by atoms with Crippen LogP contribution in [-0.4, -0.2) is 24.0 Å². The number of amides is 1. The van der Waals surface area contributed by atoms with Gasteiger partial charge in [-0.2, -0.15) is 0 Å². The number of nitrogens with zero attached hydrogens (tertiary/aromatic N) is 2. The number of pyridine rings is 1. The highest BCUT2D eigenvalue weighted by molar-refractivity contribution is 5.98. The maximum atomic E-state index is 12.4. The lowest BCUT2D eigenvalue weighted by molar-refractivity contribution is -0.118. The minimum Gasteiger partial charge on any atom is -0.382 e. The van der Waals surface area contributed by atoms with Gasteiger partial charge in [0.2, 0.25) is 5.91 Å². The number of carbonyl (C=O) groups excluding carboxylic acids is 1. The molecule has 1 aliphatic heterocycles. The van der Waals surface area contributed by atoms with Crippen LogP contribution in [0.2, 0.25) is 0 Å². The Labute approximate surface area is 112 Å². The Morgan fingerprint density at radius 1 is 1.21 bits per heavy atom. The summed E-state index contributed by atoms with van der Waals surface area (Å²) in [6.07, 6.45) is 2.06. The number of rotatable bonds is 2. The van der Waals surface area contributed by atoms with Gasteiger partial charge in [0, 0.05) is 25.0 Å². The van der Waals surface area contributed by atoms with Crippen LogP contribution in [0.15, 0.2) is 48.7 Å². The van der Waals surface area contributed by atoms with E-state index in [0.29, 0.717) is 13.0 Å². The minimum absolute atomic E-state index is 0.0904.